The number of hydrogen-bond donors (Lipinski definition) is 1. The highest BCUT2D eigenvalue weighted by Gasteiger charge is 2.07. The molecule has 2 rings (SSSR count). The maximum Gasteiger partial charge on any atom is 0.224 e. The molecule has 0 saturated heterocycles. The zero-order valence-electron chi connectivity index (χ0n) is 10.5. The van der Waals surface area contributed by atoms with Crippen LogP contribution in [0.3, 0.4) is 0 Å². The van der Waals surface area contributed by atoms with Crippen LogP contribution in [0.4, 0.5) is 18.9 Å². The number of nitrogens with one attached hydrogen (secondary N) is 1. The molecule has 1 N–H and O–H groups in total. The van der Waals surface area contributed by atoms with Crippen LogP contribution in [0.5, 0.6) is 0 Å². The van der Waals surface area contributed by atoms with Crippen LogP contribution >= 0.6 is 0 Å². The third kappa shape index (κ3) is 3.85. The van der Waals surface area contributed by atoms with Crippen LogP contribution in [0.1, 0.15) is 12.0 Å². The normalized spacial score (nSPS) is 10.3. The minimum atomic E-state index is -1.02. The van der Waals surface area contributed by atoms with Gasteiger partial charge in [0.25, 0.3) is 0 Å². The molecule has 0 aliphatic rings. The molecule has 0 aliphatic heterocycles. The van der Waals surface area contributed by atoms with Crippen molar-refractivity contribution in [1.29, 1.82) is 0 Å². The average molecular weight is 279 g/mol. The number of carbonyl (C=O) groups excluding carboxylic acids is 1. The molecule has 0 bridgehead atoms. The van der Waals surface area contributed by atoms with Gasteiger partial charge in [0.05, 0.1) is 0 Å². The first-order valence-electron chi connectivity index (χ1n) is 6.04. The highest BCUT2D eigenvalue weighted by Crippen LogP contribution is 2.14. The van der Waals surface area contributed by atoms with E-state index in [-0.39, 0.29) is 23.8 Å². The van der Waals surface area contributed by atoms with Crippen LogP contribution in [-0.2, 0) is 11.2 Å². The van der Waals surface area contributed by atoms with Gasteiger partial charge in [0.1, 0.15) is 5.82 Å². The number of rotatable bonds is 4. The van der Waals surface area contributed by atoms with E-state index >= 15 is 0 Å². The highest BCUT2D eigenvalue weighted by molar-refractivity contribution is 5.90. The quantitative estimate of drug-likeness (QED) is 0.909. The van der Waals surface area contributed by atoms with Gasteiger partial charge in [-0.1, -0.05) is 12.1 Å². The number of anilines is 1. The summed E-state index contributed by atoms with van der Waals surface area (Å²) in [6.45, 7) is 0. The molecule has 2 aromatic rings. The summed E-state index contributed by atoms with van der Waals surface area (Å²) in [5.74, 6) is -2.69. The van der Waals surface area contributed by atoms with E-state index in [0.29, 0.717) is 12.0 Å². The van der Waals surface area contributed by atoms with E-state index in [1.807, 2.05) is 0 Å². The summed E-state index contributed by atoms with van der Waals surface area (Å²) in [4.78, 5) is 11.6. The largest absolute Gasteiger partial charge is 0.326 e. The van der Waals surface area contributed by atoms with Crippen molar-refractivity contribution in [3.05, 3.63) is 65.5 Å². The Morgan fingerprint density at radius 2 is 1.80 bits per heavy atom. The lowest BCUT2D eigenvalue weighted by Gasteiger charge is -2.06. The van der Waals surface area contributed by atoms with Gasteiger partial charge in [0.15, 0.2) is 11.6 Å². The van der Waals surface area contributed by atoms with Gasteiger partial charge in [0, 0.05) is 18.2 Å². The molecule has 0 unspecified atom stereocenters. The third-order valence-corrected chi connectivity index (χ3v) is 2.73. The zero-order chi connectivity index (χ0) is 14.5. The number of aryl methyl sites for hydroxylation is 1. The predicted octanol–water partition coefficient (Wildman–Crippen LogP) is 3.68. The molecular formula is C15H12F3NO. The van der Waals surface area contributed by atoms with Crippen molar-refractivity contribution in [2.45, 2.75) is 12.8 Å². The number of amides is 1. The molecule has 104 valence electrons. The van der Waals surface area contributed by atoms with E-state index in [1.54, 1.807) is 12.1 Å². The fourth-order valence-corrected chi connectivity index (χ4v) is 1.75. The standard InChI is InChI=1S/C15H12F3NO/c16-11-3-1-2-10(8-11)4-7-15(20)19-12-5-6-13(17)14(18)9-12/h1-3,5-6,8-9H,4,7H2,(H,19,20). The first-order valence-corrected chi connectivity index (χ1v) is 6.04. The van der Waals surface area contributed by atoms with Gasteiger partial charge < -0.3 is 5.32 Å². The first kappa shape index (κ1) is 14.1. The molecule has 0 saturated carbocycles. The van der Waals surface area contributed by atoms with E-state index in [4.69, 9.17) is 0 Å². The maximum absolute atomic E-state index is 13.0. The summed E-state index contributed by atoms with van der Waals surface area (Å²) in [6, 6.07) is 9.09. The van der Waals surface area contributed by atoms with Gasteiger partial charge in [-0.2, -0.15) is 0 Å². The average Bonchev–Trinajstić information content (AvgIpc) is 2.41. The SMILES string of the molecule is O=C(CCc1cccc(F)c1)Nc1ccc(F)c(F)c1. The Kier molecular flexibility index (Phi) is 4.40. The van der Waals surface area contributed by atoms with Gasteiger partial charge in [-0.15, -0.1) is 0 Å². The fraction of sp³-hybridized carbons (Fsp3) is 0.133. The predicted molar refractivity (Wildman–Crippen MR) is 69.7 cm³/mol. The molecular weight excluding hydrogens is 267 g/mol. The van der Waals surface area contributed by atoms with Crippen molar-refractivity contribution in [3.63, 3.8) is 0 Å². The topological polar surface area (TPSA) is 29.1 Å². The summed E-state index contributed by atoms with van der Waals surface area (Å²) in [5, 5.41) is 2.46. The minimum Gasteiger partial charge on any atom is -0.326 e. The second-order valence-electron chi connectivity index (χ2n) is 4.31. The number of carbonyl (C=O) groups is 1. The lowest BCUT2D eigenvalue weighted by atomic mass is 10.1. The molecule has 0 heterocycles. The fourth-order valence-electron chi connectivity index (χ4n) is 1.75. The molecule has 20 heavy (non-hydrogen) atoms. The van der Waals surface area contributed by atoms with Crippen LogP contribution in [0.2, 0.25) is 0 Å². The molecule has 0 fully saturated rings. The zero-order valence-corrected chi connectivity index (χ0v) is 10.5. The number of benzene rings is 2. The molecule has 1 amide bonds. The number of hydrogen-bond acceptors (Lipinski definition) is 1. The summed E-state index contributed by atoms with van der Waals surface area (Å²) >= 11 is 0. The number of halogens is 3. The molecule has 5 heteroatoms. The van der Waals surface area contributed by atoms with Crippen LogP contribution in [-0.4, -0.2) is 5.91 Å². The van der Waals surface area contributed by atoms with Gasteiger partial charge in [-0.3, -0.25) is 4.79 Å². The maximum atomic E-state index is 13.0. The Hall–Kier alpha value is -2.30. The third-order valence-electron chi connectivity index (χ3n) is 2.73. The molecule has 0 spiro atoms. The molecule has 0 radical (unpaired) electrons. The van der Waals surface area contributed by atoms with Gasteiger partial charge in [-0.05, 0) is 36.2 Å². The van der Waals surface area contributed by atoms with Crippen LogP contribution in [0, 0.1) is 17.5 Å². The Labute approximate surface area is 114 Å². The van der Waals surface area contributed by atoms with E-state index in [9.17, 15) is 18.0 Å². The van der Waals surface area contributed by atoms with Gasteiger partial charge in [0.2, 0.25) is 5.91 Å². The van der Waals surface area contributed by atoms with Crippen molar-refractivity contribution in [2.24, 2.45) is 0 Å². The van der Waals surface area contributed by atoms with Crippen LogP contribution in [0.15, 0.2) is 42.5 Å². The smallest absolute Gasteiger partial charge is 0.224 e. The Morgan fingerprint density at radius 3 is 2.50 bits per heavy atom. The van der Waals surface area contributed by atoms with Gasteiger partial charge in [-0.25, -0.2) is 13.2 Å². The first-order chi connectivity index (χ1) is 9.54. The molecule has 0 aliphatic carbocycles. The molecule has 2 nitrogen and oxygen atoms in total. The van der Waals surface area contributed by atoms with E-state index in [0.717, 1.165) is 12.1 Å². The molecule has 0 atom stereocenters. The van der Waals surface area contributed by atoms with E-state index in [1.165, 1.54) is 18.2 Å². The molecule has 2 aromatic carbocycles. The summed E-state index contributed by atoms with van der Waals surface area (Å²) in [7, 11) is 0. The lowest BCUT2D eigenvalue weighted by molar-refractivity contribution is -0.116. The lowest BCUT2D eigenvalue weighted by Crippen LogP contribution is -2.12. The second-order valence-corrected chi connectivity index (χ2v) is 4.31. The van der Waals surface area contributed by atoms with Crippen LogP contribution < -0.4 is 5.32 Å². The Morgan fingerprint density at radius 1 is 1.00 bits per heavy atom. The summed E-state index contributed by atoms with van der Waals surface area (Å²) in [6.07, 6.45) is 0.496. The van der Waals surface area contributed by atoms with Crippen molar-refractivity contribution < 1.29 is 18.0 Å². The van der Waals surface area contributed by atoms with Crippen molar-refractivity contribution in [2.75, 3.05) is 5.32 Å². The van der Waals surface area contributed by atoms with Gasteiger partial charge >= 0.3 is 0 Å². The molecule has 0 aromatic heterocycles. The summed E-state index contributed by atoms with van der Waals surface area (Å²) in [5.41, 5.74) is 0.888. The van der Waals surface area contributed by atoms with Crippen molar-refractivity contribution in [3.8, 4) is 0 Å². The Balaban J connectivity index is 1.91. The Bertz CT molecular complexity index is 628. The minimum absolute atomic E-state index is 0.127. The summed E-state index contributed by atoms with van der Waals surface area (Å²) < 4.78 is 38.6. The van der Waals surface area contributed by atoms with Crippen molar-refractivity contribution >= 4 is 11.6 Å². The van der Waals surface area contributed by atoms with Crippen molar-refractivity contribution in [1.82, 2.24) is 0 Å². The monoisotopic (exact) mass is 279 g/mol. The van der Waals surface area contributed by atoms with Crippen LogP contribution in [0.25, 0.3) is 0 Å². The van der Waals surface area contributed by atoms with E-state index in [2.05, 4.69) is 5.32 Å². The van der Waals surface area contributed by atoms with E-state index < -0.39 is 11.6 Å². The second kappa shape index (κ2) is 6.23. The highest BCUT2D eigenvalue weighted by atomic mass is 19.2.